The molecule has 0 aliphatic heterocycles. The highest BCUT2D eigenvalue weighted by Crippen LogP contribution is 2.33. The number of nitrogen functional groups attached to an aromatic ring is 2. The van der Waals surface area contributed by atoms with Crippen LogP contribution in [0.5, 0.6) is 0 Å². The van der Waals surface area contributed by atoms with Gasteiger partial charge in [0, 0.05) is 17.6 Å². The smallest absolute Gasteiger partial charge is 0.218 e. The number of rotatable bonds is 1. The van der Waals surface area contributed by atoms with E-state index in [1.165, 1.54) is 4.68 Å². The number of aromatic nitrogens is 3. The average molecular weight is 258 g/mol. The molecule has 0 aliphatic rings. The molecule has 4 N–H and O–H groups in total. The van der Waals surface area contributed by atoms with Gasteiger partial charge in [-0.15, -0.1) is 5.10 Å². The molecular weight excluding hydrogens is 249 g/mol. The molecule has 0 atom stereocenters. The maximum Gasteiger partial charge on any atom is 0.218 e. The van der Waals surface area contributed by atoms with Gasteiger partial charge in [-0.1, -0.05) is 23.2 Å². The highest BCUT2D eigenvalue weighted by molar-refractivity contribution is 6.37. The second kappa shape index (κ2) is 3.84. The van der Waals surface area contributed by atoms with Gasteiger partial charge in [-0.25, -0.2) is 4.68 Å². The minimum Gasteiger partial charge on any atom is -0.397 e. The number of nitrogens with two attached hydrogens (primary N) is 2. The van der Waals surface area contributed by atoms with Gasteiger partial charge in [-0.3, -0.25) is 0 Å². The summed E-state index contributed by atoms with van der Waals surface area (Å²) in [6, 6.07) is 3.21. The molecule has 0 spiro atoms. The third kappa shape index (κ3) is 1.79. The molecule has 1 aromatic heterocycles. The summed E-state index contributed by atoms with van der Waals surface area (Å²) in [5.74, 6) is 0.701. The lowest BCUT2D eigenvalue weighted by atomic mass is 10.2. The van der Waals surface area contributed by atoms with Gasteiger partial charge in [-0.05, 0) is 12.1 Å². The molecule has 0 saturated heterocycles. The van der Waals surface area contributed by atoms with Gasteiger partial charge < -0.3 is 11.5 Å². The van der Waals surface area contributed by atoms with Crippen LogP contribution in [0.1, 0.15) is 0 Å². The van der Waals surface area contributed by atoms with Gasteiger partial charge in [0.25, 0.3) is 0 Å². The van der Waals surface area contributed by atoms with Crippen molar-refractivity contribution in [3.05, 3.63) is 22.2 Å². The van der Waals surface area contributed by atoms with Gasteiger partial charge in [0.15, 0.2) is 5.82 Å². The van der Waals surface area contributed by atoms with Crippen LogP contribution in [0.4, 0.5) is 11.6 Å². The molecule has 5 nitrogen and oxygen atoms in total. The lowest BCUT2D eigenvalue weighted by molar-refractivity contribution is 0.781. The standard InChI is InChI=1S/C9H9Cl2N5/c1-16-9(13)14-8(15-16)5-2-4(10)3-6(11)7(5)12/h2-3H,12H2,1H3,(H2,13,14,15). The zero-order chi connectivity index (χ0) is 11.9. The normalized spacial score (nSPS) is 10.7. The van der Waals surface area contributed by atoms with Crippen LogP contribution in [0.3, 0.4) is 0 Å². The number of aryl methyl sites for hydroxylation is 1. The predicted octanol–water partition coefficient (Wildman–Crippen LogP) is 1.95. The van der Waals surface area contributed by atoms with E-state index in [1.807, 2.05) is 0 Å². The Morgan fingerprint density at radius 1 is 1.25 bits per heavy atom. The molecule has 1 heterocycles. The molecule has 2 rings (SSSR count). The fraction of sp³-hybridized carbons (Fsp3) is 0.111. The van der Waals surface area contributed by atoms with E-state index >= 15 is 0 Å². The Hall–Kier alpha value is -1.46. The number of anilines is 2. The molecule has 16 heavy (non-hydrogen) atoms. The van der Waals surface area contributed by atoms with Crippen molar-refractivity contribution in [3.63, 3.8) is 0 Å². The molecule has 2 aromatic rings. The van der Waals surface area contributed by atoms with Crippen molar-refractivity contribution in [2.24, 2.45) is 7.05 Å². The summed E-state index contributed by atoms with van der Waals surface area (Å²) in [7, 11) is 1.69. The Kier molecular flexibility index (Phi) is 2.65. The second-order valence-electron chi connectivity index (χ2n) is 3.27. The third-order valence-corrected chi connectivity index (χ3v) is 2.66. The summed E-state index contributed by atoms with van der Waals surface area (Å²) < 4.78 is 1.45. The molecule has 84 valence electrons. The van der Waals surface area contributed by atoms with Crippen molar-refractivity contribution in [2.75, 3.05) is 11.5 Å². The largest absolute Gasteiger partial charge is 0.397 e. The van der Waals surface area contributed by atoms with E-state index < -0.39 is 0 Å². The van der Waals surface area contributed by atoms with E-state index in [4.69, 9.17) is 34.7 Å². The molecule has 0 bridgehead atoms. The summed E-state index contributed by atoms with van der Waals surface area (Å²) in [6.45, 7) is 0. The number of hydrogen-bond donors (Lipinski definition) is 2. The Morgan fingerprint density at radius 3 is 2.50 bits per heavy atom. The fourth-order valence-corrected chi connectivity index (χ4v) is 1.77. The van der Waals surface area contributed by atoms with Crippen molar-refractivity contribution >= 4 is 34.8 Å². The van der Waals surface area contributed by atoms with Crippen LogP contribution in [0.25, 0.3) is 11.4 Å². The first-order valence-electron chi connectivity index (χ1n) is 4.40. The highest BCUT2D eigenvalue weighted by Gasteiger charge is 2.13. The minimum atomic E-state index is 0.297. The number of hydrogen-bond acceptors (Lipinski definition) is 4. The average Bonchev–Trinajstić information content (AvgIpc) is 2.53. The van der Waals surface area contributed by atoms with Crippen LogP contribution < -0.4 is 11.5 Å². The number of halogens is 2. The van der Waals surface area contributed by atoms with Gasteiger partial charge in [0.2, 0.25) is 5.95 Å². The Balaban J connectivity index is 2.63. The molecule has 1 aromatic carbocycles. The Bertz CT molecular complexity index is 530. The van der Waals surface area contributed by atoms with E-state index in [9.17, 15) is 0 Å². The van der Waals surface area contributed by atoms with E-state index in [-0.39, 0.29) is 0 Å². The predicted molar refractivity (Wildman–Crippen MR) is 65.3 cm³/mol. The number of benzene rings is 1. The quantitative estimate of drug-likeness (QED) is 0.766. The van der Waals surface area contributed by atoms with Crippen LogP contribution in [0.2, 0.25) is 10.0 Å². The van der Waals surface area contributed by atoms with Crippen LogP contribution in [-0.2, 0) is 7.05 Å². The third-order valence-electron chi connectivity index (χ3n) is 2.13. The van der Waals surface area contributed by atoms with E-state index in [0.717, 1.165) is 0 Å². The second-order valence-corrected chi connectivity index (χ2v) is 4.11. The van der Waals surface area contributed by atoms with Crippen LogP contribution in [0.15, 0.2) is 12.1 Å². The summed E-state index contributed by atoms with van der Waals surface area (Å²) in [5.41, 5.74) is 12.4. The van der Waals surface area contributed by atoms with Crippen molar-refractivity contribution in [1.82, 2.24) is 14.8 Å². The highest BCUT2D eigenvalue weighted by atomic mass is 35.5. The van der Waals surface area contributed by atoms with Crippen LogP contribution in [0, 0.1) is 0 Å². The monoisotopic (exact) mass is 257 g/mol. The van der Waals surface area contributed by atoms with Gasteiger partial charge in [-0.2, -0.15) is 4.98 Å². The lowest BCUT2D eigenvalue weighted by Gasteiger charge is -2.04. The fourth-order valence-electron chi connectivity index (χ4n) is 1.28. The van der Waals surface area contributed by atoms with Crippen LogP contribution in [-0.4, -0.2) is 14.8 Å². The molecule has 0 fully saturated rings. The maximum atomic E-state index is 5.91. The van der Waals surface area contributed by atoms with Gasteiger partial charge in [0.1, 0.15) is 0 Å². The Morgan fingerprint density at radius 2 is 1.94 bits per heavy atom. The van der Waals surface area contributed by atoms with E-state index in [1.54, 1.807) is 19.2 Å². The summed E-state index contributed by atoms with van der Waals surface area (Å²) in [4.78, 5) is 4.06. The van der Waals surface area contributed by atoms with Crippen molar-refractivity contribution in [2.45, 2.75) is 0 Å². The molecule has 0 aliphatic carbocycles. The molecule has 7 heteroatoms. The van der Waals surface area contributed by atoms with Crippen molar-refractivity contribution < 1.29 is 0 Å². The molecule has 0 amide bonds. The molecule has 0 saturated carbocycles. The number of nitrogens with zero attached hydrogens (tertiary/aromatic N) is 3. The van der Waals surface area contributed by atoms with Crippen molar-refractivity contribution in [1.29, 1.82) is 0 Å². The van der Waals surface area contributed by atoms with Gasteiger partial charge in [0.05, 0.1) is 10.7 Å². The first kappa shape index (κ1) is 11.0. The zero-order valence-electron chi connectivity index (χ0n) is 8.41. The van der Waals surface area contributed by atoms with E-state index in [2.05, 4.69) is 10.1 Å². The van der Waals surface area contributed by atoms with Crippen molar-refractivity contribution in [3.8, 4) is 11.4 Å². The maximum absolute atomic E-state index is 5.91. The Labute approximate surface area is 102 Å². The van der Waals surface area contributed by atoms with E-state index in [0.29, 0.717) is 33.1 Å². The molecular formula is C9H9Cl2N5. The lowest BCUT2D eigenvalue weighted by Crippen LogP contribution is -1.97. The van der Waals surface area contributed by atoms with Crippen LogP contribution >= 0.6 is 23.2 Å². The first-order valence-corrected chi connectivity index (χ1v) is 5.16. The molecule has 0 unspecified atom stereocenters. The SMILES string of the molecule is Cn1nc(-c2cc(Cl)cc(Cl)c2N)nc1N. The summed E-state index contributed by atoms with van der Waals surface area (Å²) in [5, 5.41) is 4.95. The summed E-state index contributed by atoms with van der Waals surface area (Å²) >= 11 is 11.8. The zero-order valence-corrected chi connectivity index (χ0v) is 9.92. The minimum absolute atomic E-state index is 0.297. The molecule has 0 radical (unpaired) electrons. The van der Waals surface area contributed by atoms with Gasteiger partial charge >= 0.3 is 0 Å². The summed E-state index contributed by atoms with van der Waals surface area (Å²) in [6.07, 6.45) is 0. The topological polar surface area (TPSA) is 82.8 Å². The first-order chi connectivity index (χ1) is 7.49.